The van der Waals surface area contributed by atoms with Crippen LogP contribution < -0.4 is 10.9 Å². The second-order valence-electron chi connectivity index (χ2n) is 9.11. The van der Waals surface area contributed by atoms with Crippen molar-refractivity contribution in [2.45, 2.75) is 58.0 Å². The van der Waals surface area contributed by atoms with E-state index in [1.54, 1.807) is 0 Å². The minimum Gasteiger partial charge on any atom is -0.494 e. The third-order valence-electron chi connectivity index (χ3n) is 5.81. The Kier molecular flexibility index (Phi) is 5.98. The summed E-state index contributed by atoms with van der Waals surface area (Å²) < 4.78 is 29.2. The van der Waals surface area contributed by atoms with Crippen LogP contribution in [0.1, 0.15) is 55.5 Å². The van der Waals surface area contributed by atoms with E-state index in [9.17, 15) is 28.3 Å². The SMILES string of the molecule is CC(C)Cn1c(O)c(C(=O)NC2CC2)c(=O)n2ncc(/C=C/C(=O)N3CCC(F)(F)CC3)c12. The van der Waals surface area contributed by atoms with Crippen molar-refractivity contribution >= 4 is 23.5 Å². The van der Waals surface area contributed by atoms with Crippen LogP contribution in [-0.4, -0.2) is 61.1 Å². The van der Waals surface area contributed by atoms with Gasteiger partial charge in [0.1, 0.15) is 5.65 Å². The van der Waals surface area contributed by atoms with Crippen molar-refractivity contribution in [1.82, 2.24) is 24.4 Å². The fourth-order valence-corrected chi connectivity index (χ4v) is 3.87. The lowest BCUT2D eigenvalue weighted by molar-refractivity contribution is -0.132. The minimum absolute atomic E-state index is 0.00223. The molecule has 1 aliphatic heterocycles. The van der Waals surface area contributed by atoms with Crippen LogP contribution in [0.2, 0.25) is 0 Å². The monoisotopic (exact) mass is 463 g/mol. The quantitative estimate of drug-likeness (QED) is 0.637. The highest BCUT2D eigenvalue weighted by Gasteiger charge is 2.35. The molecule has 33 heavy (non-hydrogen) atoms. The second-order valence-corrected chi connectivity index (χ2v) is 9.11. The summed E-state index contributed by atoms with van der Waals surface area (Å²) in [7, 11) is 0. The zero-order chi connectivity index (χ0) is 23.9. The summed E-state index contributed by atoms with van der Waals surface area (Å²) >= 11 is 0. The molecule has 1 aliphatic carbocycles. The molecule has 0 radical (unpaired) electrons. The molecule has 178 valence electrons. The van der Waals surface area contributed by atoms with Crippen LogP contribution in [0.4, 0.5) is 8.78 Å². The third kappa shape index (κ3) is 4.76. The summed E-state index contributed by atoms with van der Waals surface area (Å²) in [6.07, 6.45) is 4.95. The number of hydrogen-bond acceptors (Lipinski definition) is 5. The van der Waals surface area contributed by atoms with E-state index in [4.69, 9.17) is 0 Å². The number of fused-ring (bicyclic) bond motifs is 1. The highest BCUT2D eigenvalue weighted by molar-refractivity contribution is 5.97. The average Bonchev–Trinajstić information content (AvgIpc) is 3.44. The van der Waals surface area contributed by atoms with Gasteiger partial charge in [-0.05, 0) is 24.8 Å². The van der Waals surface area contributed by atoms with Crippen molar-refractivity contribution in [3.8, 4) is 5.88 Å². The summed E-state index contributed by atoms with van der Waals surface area (Å²) in [5.74, 6) is -4.22. The van der Waals surface area contributed by atoms with E-state index >= 15 is 0 Å². The van der Waals surface area contributed by atoms with Crippen LogP contribution in [0.3, 0.4) is 0 Å². The van der Waals surface area contributed by atoms with Crippen LogP contribution >= 0.6 is 0 Å². The van der Waals surface area contributed by atoms with Crippen LogP contribution in [-0.2, 0) is 11.3 Å². The molecule has 1 saturated carbocycles. The second kappa shape index (κ2) is 8.60. The maximum absolute atomic E-state index is 13.4. The minimum atomic E-state index is -2.75. The molecule has 0 unspecified atom stereocenters. The number of nitrogens with one attached hydrogen (secondary N) is 1. The van der Waals surface area contributed by atoms with Gasteiger partial charge in [-0.1, -0.05) is 13.8 Å². The molecule has 9 nitrogen and oxygen atoms in total. The number of piperidine rings is 1. The number of hydrogen-bond donors (Lipinski definition) is 2. The first-order valence-corrected chi connectivity index (χ1v) is 11.1. The molecule has 2 fully saturated rings. The molecular weight excluding hydrogens is 436 g/mol. The van der Waals surface area contributed by atoms with Crippen molar-refractivity contribution in [3.05, 3.63) is 33.8 Å². The number of nitrogens with zero attached hydrogens (tertiary/aromatic N) is 4. The lowest BCUT2D eigenvalue weighted by Crippen LogP contribution is -2.42. The smallest absolute Gasteiger partial charge is 0.291 e. The Morgan fingerprint density at radius 3 is 2.58 bits per heavy atom. The Balaban J connectivity index is 1.69. The maximum Gasteiger partial charge on any atom is 0.291 e. The lowest BCUT2D eigenvalue weighted by Gasteiger charge is -2.30. The van der Waals surface area contributed by atoms with Gasteiger partial charge in [-0.25, -0.2) is 8.78 Å². The Hall–Kier alpha value is -3.24. The van der Waals surface area contributed by atoms with E-state index < -0.39 is 29.2 Å². The molecule has 0 atom stereocenters. The van der Waals surface area contributed by atoms with Crippen LogP contribution in [0.15, 0.2) is 17.1 Å². The van der Waals surface area contributed by atoms with Gasteiger partial charge in [-0.3, -0.25) is 19.0 Å². The van der Waals surface area contributed by atoms with Crippen molar-refractivity contribution < 1.29 is 23.5 Å². The van der Waals surface area contributed by atoms with Crippen molar-refractivity contribution in [3.63, 3.8) is 0 Å². The van der Waals surface area contributed by atoms with Gasteiger partial charge >= 0.3 is 0 Å². The number of carbonyl (C=O) groups is 2. The number of halogens is 2. The normalized spacial score (nSPS) is 18.4. The molecule has 0 spiro atoms. The van der Waals surface area contributed by atoms with E-state index in [2.05, 4.69) is 10.4 Å². The van der Waals surface area contributed by atoms with Gasteiger partial charge in [-0.2, -0.15) is 9.61 Å². The molecule has 0 aromatic carbocycles. The van der Waals surface area contributed by atoms with Crippen LogP contribution in [0.5, 0.6) is 5.88 Å². The standard InChI is InChI=1S/C22H27F2N5O4/c1-13(2)12-28-19-14(3-6-16(30)27-9-7-22(23,24)8-10-27)11-25-29(19)21(33)17(20(28)32)18(31)26-15-4-5-15/h3,6,11,13,15,32H,4-5,7-10,12H2,1-2H3,(H,26,31)/b6-3+. The van der Waals surface area contributed by atoms with E-state index in [1.165, 1.54) is 27.8 Å². The zero-order valence-corrected chi connectivity index (χ0v) is 18.6. The summed E-state index contributed by atoms with van der Waals surface area (Å²) in [4.78, 5) is 39.4. The predicted octanol–water partition coefficient (Wildman–Crippen LogP) is 2.02. The maximum atomic E-state index is 13.4. The molecule has 3 heterocycles. The van der Waals surface area contributed by atoms with Gasteiger partial charge in [0.25, 0.3) is 17.4 Å². The van der Waals surface area contributed by atoms with Crippen LogP contribution in [0, 0.1) is 5.92 Å². The van der Waals surface area contributed by atoms with Gasteiger partial charge in [0.2, 0.25) is 11.8 Å². The fourth-order valence-electron chi connectivity index (χ4n) is 3.87. The topological polar surface area (TPSA) is 109 Å². The number of alkyl halides is 2. The predicted molar refractivity (Wildman–Crippen MR) is 116 cm³/mol. The highest BCUT2D eigenvalue weighted by Crippen LogP contribution is 2.28. The number of carbonyl (C=O) groups excluding carboxylic acids is 2. The number of aromatic hydroxyl groups is 1. The molecule has 2 aliphatic rings. The Morgan fingerprint density at radius 2 is 1.97 bits per heavy atom. The first-order chi connectivity index (χ1) is 15.6. The van der Waals surface area contributed by atoms with E-state index in [0.29, 0.717) is 12.1 Å². The van der Waals surface area contributed by atoms with Gasteiger partial charge < -0.3 is 15.3 Å². The Morgan fingerprint density at radius 1 is 1.30 bits per heavy atom. The first kappa shape index (κ1) is 22.9. The van der Waals surface area contributed by atoms with Gasteiger partial charge in [0.15, 0.2) is 5.56 Å². The van der Waals surface area contributed by atoms with Crippen molar-refractivity contribution in [2.75, 3.05) is 13.1 Å². The van der Waals surface area contributed by atoms with Gasteiger partial charge in [0, 0.05) is 50.2 Å². The zero-order valence-electron chi connectivity index (χ0n) is 18.6. The lowest BCUT2D eigenvalue weighted by atomic mass is 10.1. The first-order valence-electron chi connectivity index (χ1n) is 11.1. The fraction of sp³-hybridized carbons (Fsp3) is 0.545. The van der Waals surface area contributed by atoms with Crippen molar-refractivity contribution in [2.24, 2.45) is 5.92 Å². The molecule has 0 bridgehead atoms. The number of likely N-dealkylation sites (tertiary alicyclic amines) is 1. The third-order valence-corrected chi connectivity index (χ3v) is 5.81. The molecule has 4 rings (SSSR count). The summed E-state index contributed by atoms with van der Waals surface area (Å²) in [5.41, 5.74) is -0.514. The average molecular weight is 463 g/mol. The van der Waals surface area contributed by atoms with E-state index in [-0.39, 0.29) is 49.1 Å². The summed E-state index contributed by atoms with van der Waals surface area (Å²) in [5, 5.41) is 17.7. The summed E-state index contributed by atoms with van der Waals surface area (Å²) in [6, 6.07) is 0.00223. The largest absolute Gasteiger partial charge is 0.494 e. The molecule has 2 aromatic heterocycles. The van der Waals surface area contributed by atoms with Crippen LogP contribution in [0.25, 0.3) is 11.7 Å². The molecule has 11 heteroatoms. The molecular formula is C22H27F2N5O4. The molecule has 2 N–H and O–H groups in total. The summed E-state index contributed by atoms with van der Waals surface area (Å²) in [6.45, 7) is 4.05. The Labute approximate surface area is 188 Å². The van der Waals surface area contributed by atoms with E-state index in [0.717, 1.165) is 17.4 Å². The highest BCUT2D eigenvalue weighted by atomic mass is 19.3. The van der Waals surface area contributed by atoms with Crippen molar-refractivity contribution in [1.29, 1.82) is 0 Å². The number of amides is 2. The number of aromatic nitrogens is 3. The number of rotatable bonds is 6. The Bertz CT molecular complexity index is 1170. The molecule has 2 aromatic rings. The molecule has 2 amide bonds. The van der Waals surface area contributed by atoms with E-state index in [1.807, 2.05) is 13.8 Å². The van der Waals surface area contributed by atoms with Gasteiger partial charge in [-0.15, -0.1) is 0 Å². The van der Waals surface area contributed by atoms with Gasteiger partial charge in [0.05, 0.1) is 6.20 Å². The molecule has 1 saturated heterocycles.